The number of benzene rings is 1. The second-order valence-corrected chi connectivity index (χ2v) is 4.49. The van der Waals surface area contributed by atoms with Crippen molar-refractivity contribution in [2.45, 2.75) is 23.5 Å². The fraction of sp³-hybridized carbons (Fsp3) is 0.300. The average Bonchev–Trinajstić information content (AvgIpc) is 2.35. The van der Waals surface area contributed by atoms with E-state index in [0.717, 1.165) is 11.8 Å². The predicted octanol–water partition coefficient (Wildman–Crippen LogP) is 1.46. The van der Waals surface area contributed by atoms with E-state index in [1.54, 1.807) is 18.2 Å². The molecule has 0 saturated carbocycles. The molecule has 1 atom stereocenters. The number of carbonyl (C=O) groups is 1. The van der Waals surface area contributed by atoms with Gasteiger partial charge >= 0.3 is 0 Å². The monoisotopic (exact) mass is 255 g/mol. The van der Waals surface area contributed by atoms with Crippen LogP contribution < -0.4 is 11.3 Å². The number of thioether (sulfide) groups is 1. The zero-order chi connectivity index (χ0) is 12.8. The van der Waals surface area contributed by atoms with Crippen LogP contribution in [0, 0.1) is 10.1 Å². The summed E-state index contributed by atoms with van der Waals surface area (Å²) in [6.07, 6.45) is 0.541. The summed E-state index contributed by atoms with van der Waals surface area (Å²) in [7, 11) is 0. The number of nitrogens with two attached hydrogens (primary N) is 1. The van der Waals surface area contributed by atoms with Crippen LogP contribution in [0.25, 0.3) is 0 Å². The first-order valence-electron chi connectivity index (χ1n) is 5.00. The van der Waals surface area contributed by atoms with E-state index in [9.17, 15) is 14.9 Å². The summed E-state index contributed by atoms with van der Waals surface area (Å²) in [5.74, 6) is 4.72. The first kappa shape index (κ1) is 13.5. The molecular formula is C10H13N3O3S. The molecule has 1 amide bonds. The maximum Gasteiger partial charge on any atom is 0.282 e. The molecule has 0 aliphatic rings. The maximum atomic E-state index is 11.4. The number of rotatable bonds is 5. The van der Waals surface area contributed by atoms with Gasteiger partial charge in [0.1, 0.15) is 0 Å². The summed E-state index contributed by atoms with van der Waals surface area (Å²) >= 11 is 1.14. The van der Waals surface area contributed by atoms with Gasteiger partial charge in [0.2, 0.25) is 5.91 Å². The normalized spacial score (nSPS) is 11.9. The number of para-hydroxylation sites is 1. The highest BCUT2D eigenvalue weighted by atomic mass is 32.2. The Morgan fingerprint density at radius 2 is 2.24 bits per heavy atom. The molecule has 0 aromatic heterocycles. The van der Waals surface area contributed by atoms with Gasteiger partial charge in [-0.1, -0.05) is 19.1 Å². The quantitative estimate of drug-likeness (QED) is 0.273. The standard InChI is InChI=1S/C10H13N3O3S/c1-2-8(10(14)12-11)17-9-6-4-3-5-7(9)13(15)16/h3-6,8H,2,11H2,1H3,(H,12,14). The summed E-state index contributed by atoms with van der Waals surface area (Å²) in [6.45, 7) is 1.82. The SMILES string of the molecule is CCC(Sc1ccccc1[N+](=O)[O-])C(=O)NN. The maximum absolute atomic E-state index is 11.4. The van der Waals surface area contributed by atoms with Crippen molar-refractivity contribution < 1.29 is 9.72 Å². The molecule has 0 saturated heterocycles. The van der Waals surface area contributed by atoms with Gasteiger partial charge in [-0.3, -0.25) is 20.3 Å². The van der Waals surface area contributed by atoms with E-state index in [0.29, 0.717) is 11.3 Å². The molecule has 0 radical (unpaired) electrons. The van der Waals surface area contributed by atoms with Crippen molar-refractivity contribution in [1.29, 1.82) is 0 Å². The van der Waals surface area contributed by atoms with Gasteiger partial charge in [-0.25, -0.2) is 5.84 Å². The lowest BCUT2D eigenvalue weighted by Gasteiger charge is -2.12. The Morgan fingerprint density at radius 3 is 2.76 bits per heavy atom. The fourth-order valence-electron chi connectivity index (χ4n) is 1.28. The van der Waals surface area contributed by atoms with Gasteiger partial charge in [-0.2, -0.15) is 0 Å². The van der Waals surface area contributed by atoms with E-state index in [-0.39, 0.29) is 11.6 Å². The molecule has 0 bridgehead atoms. The van der Waals surface area contributed by atoms with Crippen molar-refractivity contribution in [2.75, 3.05) is 0 Å². The van der Waals surface area contributed by atoms with Crippen molar-refractivity contribution in [3.8, 4) is 0 Å². The molecule has 0 fully saturated rings. The third kappa shape index (κ3) is 3.43. The van der Waals surface area contributed by atoms with Crippen molar-refractivity contribution >= 4 is 23.4 Å². The number of nitro groups is 1. The van der Waals surface area contributed by atoms with Gasteiger partial charge in [-0.15, -0.1) is 11.8 Å². The highest BCUT2D eigenvalue weighted by Crippen LogP contribution is 2.32. The molecular weight excluding hydrogens is 242 g/mol. The minimum absolute atomic E-state index is 0.000714. The molecule has 0 spiro atoms. The van der Waals surface area contributed by atoms with E-state index in [1.165, 1.54) is 6.07 Å². The zero-order valence-electron chi connectivity index (χ0n) is 9.25. The molecule has 7 heteroatoms. The van der Waals surface area contributed by atoms with Crippen molar-refractivity contribution in [3.63, 3.8) is 0 Å². The van der Waals surface area contributed by atoms with E-state index < -0.39 is 10.2 Å². The summed E-state index contributed by atoms with van der Waals surface area (Å²) in [5, 5.41) is 10.4. The number of amides is 1. The van der Waals surface area contributed by atoms with E-state index in [4.69, 9.17) is 5.84 Å². The largest absolute Gasteiger partial charge is 0.293 e. The number of carbonyl (C=O) groups excluding carboxylic acids is 1. The van der Waals surface area contributed by atoms with Crippen LogP contribution in [-0.2, 0) is 4.79 Å². The van der Waals surface area contributed by atoms with Crippen molar-refractivity contribution in [1.82, 2.24) is 5.43 Å². The third-order valence-electron chi connectivity index (χ3n) is 2.14. The summed E-state index contributed by atoms with van der Waals surface area (Å²) in [4.78, 5) is 22.2. The Hall–Kier alpha value is -1.60. The van der Waals surface area contributed by atoms with Gasteiger partial charge in [0.25, 0.3) is 5.69 Å². The Bertz CT molecular complexity index is 425. The summed E-state index contributed by atoms with van der Waals surface area (Å²) < 4.78 is 0. The lowest BCUT2D eigenvalue weighted by molar-refractivity contribution is -0.387. The van der Waals surface area contributed by atoms with Gasteiger partial charge in [0, 0.05) is 6.07 Å². The molecule has 0 aliphatic carbocycles. The Balaban J connectivity index is 2.93. The van der Waals surface area contributed by atoms with Crippen LogP contribution in [0.4, 0.5) is 5.69 Å². The lowest BCUT2D eigenvalue weighted by Crippen LogP contribution is -2.37. The molecule has 17 heavy (non-hydrogen) atoms. The van der Waals surface area contributed by atoms with Crippen LogP contribution in [0.2, 0.25) is 0 Å². The van der Waals surface area contributed by atoms with Crippen LogP contribution >= 0.6 is 11.8 Å². The summed E-state index contributed by atoms with van der Waals surface area (Å²) in [5.41, 5.74) is 2.06. The molecule has 1 rings (SSSR count). The zero-order valence-corrected chi connectivity index (χ0v) is 10.1. The molecule has 1 aromatic rings. The van der Waals surface area contributed by atoms with Gasteiger partial charge in [0.15, 0.2) is 0 Å². The Morgan fingerprint density at radius 1 is 1.59 bits per heavy atom. The fourth-order valence-corrected chi connectivity index (χ4v) is 2.34. The Kier molecular flexibility index (Phi) is 4.92. The number of nitro benzene ring substituents is 1. The number of hydrogen-bond donors (Lipinski definition) is 2. The molecule has 92 valence electrons. The predicted molar refractivity (Wildman–Crippen MR) is 65.4 cm³/mol. The van der Waals surface area contributed by atoms with E-state index in [2.05, 4.69) is 5.43 Å². The molecule has 0 aliphatic heterocycles. The van der Waals surface area contributed by atoms with Crippen LogP contribution in [0.3, 0.4) is 0 Å². The summed E-state index contributed by atoms with van der Waals surface area (Å²) in [6, 6.07) is 6.32. The van der Waals surface area contributed by atoms with Crippen molar-refractivity contribution in [3.05, 3.63) is 34.4 Å². The lowest BCUT2D eigenvalue weighted by atomic mass is 10.3. The number of nitrogens with one attached hydrogen (secondary N) is 1. The van der Waals surface area contributed by atoms with Crippen molar-refractivity contribution in [2.24, 2.45) is 5.84 Å². The minimum atomic E-state index is -0.463. The smallest absolute Gasteiger partial charge is 0.282 e. The van der Waals surface area contributed by atoms with Crippen LogP contribution in [-0.4, -0.2) is 16.1 Å². The first-order valence-corrected chi connectivity index (χ1v) is 5.88. The van der Waals surface area contributed by atoms with E-state index >= 15 is 0 Å². The molecule has 6 nitrogen and oxygen atoms in total. The van der Waals surface area contributed by atoms with E-state index in [1.807, 2.05) is 6.92 Å². The number of hydrazine groups is 1. The third-order valence-corrected chi connectivity index (χ3v) is 3.57. The van der Waals surface area contributed by atoms with Gasteiger partial charge in [0.05, 0.1) is 15.1 Å². The van der Waals surface area contributed by atoms with Gasteiger partial charge < -0.3 is 0 Å². The van der Waals surface area contributed by atoms with Crippen LogP contribution in [0.1, 0.15) is 13.3 Å². The molecule has 0 heterocycles. The van der Waals surface area contributed by atoms with Gasteiger partial charge in [-0.05, 0) is 12.5 Å². The van der Waals surface area contributed by atoms with Crippen LogP contribution in [0.5, 0.6) is 0 Å². The number of hydrogen-bond acceptors (Lipinski definition) is 5. The Labute approximate surface area is 103 Å². The highest BCUT2D eigenvalue weighted by molar-refractivity contribution is 8.00. The molecule has 3 N–H and O–H groups in total. The molecule has 1 aromatic carbocycles. The second-order valence-electron chi connectivity index (χ2n) is 3.25. The van der Waals surface area contributed by atoms with Crippen LogP contribution in [0.15, 0.2) is 29.2 Å². The average molecular weight is 255 g/mol. The topological polar surface area (TPSA) is 98.3 Å². The molecule has 1 unspecified atom stereocenters. The number of nitrogens with zero attached hydrogens (tertiary/aromatic N) is 1. The first-order chi connectivity index (χ1) is 8.10. The second kappa shape index (κ2) is 6.21. The highest BCUT2D eigenvalue weighted by Gasteiger charge is 2.21. The minimum Gasteiger partial charge on any atom is -0.293 e.